The van der Waals surface area contributed by atoms with E-state index in [9.17, 15) is 30.3 Å². The lowest BCUT2D eigenvalue weighted by molar-refractivity contribution is -0.309. The fourth-order valence-corrected chi connectivity index (χ4v) is 9.57. The smallest absolute Gasteiger partial charge is 0.311 e. The van der Waals surface area contributed by atoms with Crippen molar-refractivity contribution in [2.24, 2.45) is 23.7 Å². The molecule has 0 saturated carbocycles. The molecule has 0 bridgehead atoms. The number of esters is 1. The normalized spacial score (nSPS) is 47.6. The number of nitrogens with zero attached hydrogens (tertiary/aromatic N) is 1. The first-order valence-electron chi connectivity index (χ1n) is 20.8. The molecule has 0 radical (unpaired) electrons. The molecule has 4 fully saturated rings. The lowest BCUT2D eigenvalue weighted by atomic mass is 9.73. The van der Waals surface area contributed by atoms with Crippen molar-refractivity contribution in [2.45, 2.75) is 192 Å². The average Bonchev–Trinajstić information content (AvgIpc) is 3.90. The average molecular weight is 810 g/mol. The van der Waals surface area contributed by atoms with Crippen LogP contribution in [0.4, 0.5) is 0 Å². The fourth-order valence-electron chi connectivity index (χ4n) is 9.57. The Balaban J connectivity index is 1.59. The summed E-state index contributed by atoms with van der Waals surface area (Å²) in [5.74, 6) is -5.07. The molecular formula is C43H71NO13. The van der Waals surface area contributed by atoms with Gasteiger partial charge in [0.1, 0.15) is 23.9 Å². The molecule has 0 aliphatic carbocycles. The first kappa shape index (κ1) is 46.3. The summed E-state index contributed by atoms with van der Waals surface area (Å²) in [5.41, 5.74) is -2.99. The van der Waals surface area contributed by atoms with Crippen LogP contribution in [-0.4, -0.2) is 147 Å². The summed E-state index contributed by atoms with van der Waals surface area (Å²) in [6.07, 6.45) is -9.57. The van der Waals surface area contributed by atoms with Crippen LogP contribution in [0, 0.1) is 23.7 Å². The number of methoxy groups -OCH3 is 1. The lowest BCUT2D eigenvalue weighted by Crippen LogP contribution is -2.61. The van der Waals surface area contributed by atoms with Gasteiger partial charge in [-0.25, -0.2) is 0 Å². The third-order valence-corrected chi connectivity index (χ3v) is 13.4. The van der Waals surface area contributed by atoms with Crippen LogP contribution in [0.25, 0.3) is 0 Å². The van der Waals surface area contributed by atoms with E-state index in [0.717, 1.165) is 5.56 Å². The van der Waals surface area contributed by atoms with Crippen LogP contribution in [0.2, 0.25) is 0 Å². The monoisotopic (exact) mass is 809 g/mol. The second-order valence-electron chi connectivity index (χ2n) is 18.4. The van der Waals surface area contributed by atoms with Crippen molar-refractivity contribution < 1.29 is 63.5 Å². The second kappa shape index (κ2) is 18.1. The molecule has 4 aliphatic heterocycles. The SMILES string of the molecule is COC12CC(O[C@H]3[C@H](C)[C@@H](OC4OC(C)CC(N(C)C(C)C)C4O)[C@](C)(O)C[C@@H](C)[C@H](O)[C@H](C)[C@@H](O)[C@](C)(O)[C@@H](Cc4ccccc4)OC(=O)[C@@H]3C)OC(C)C1O2. The van der Waals surface area contributed by atoms with E-state index in [-0.39, 0.29) is 43.6 Å². The van der Waals surface area contributed by atoms with E-state index in [4.69, 9.17) is 33.2 Å². The number of hydrogen-bond acceptors (Lipinski definition) is 14. The van der Waals surface area contributed by atoms with Crippen LogP contribution in [0.1, 0.15) is 94.1 Å². The highest BCUT2D eigenvalue weighted by Crippen LogP contribution is 2.49. The molecule has 14 heteroatoms. The minimum Gasteiger partial charge on any atom is -0.459 e. The molecule has 5 rings (SSSR count). The Kier molecular flexibility index (Phi) is 14.7. The molecule has 0 aromatic heterocycles. The van der Waals surface area contributed by atoms with Crippen molar-refractivity contribution in [3.8, 4) is 0 Å². The van der Waals surface area contributed by atoms with Gasteiger partial charge in [-0.2, -0.15) is 0 Å². The Labute approximate surface area is 339 Å². The molecular weight excluding hydrogens is 738 g/mol. The molecule has 1 aromatic carbocycles. The Morgan fingerprint density at radius 2 is 1.56 bits per heavy atom. The molecule has 57 heavy (non-hydrogen) atoms. The van der Waals surface area contributed by atoms with E-state index in [1.54, 1.807) is 41.7 Å². The van der Waals surface area contributed by atoms with Gasteiger partial charge >= 0.3 is 5.97 Å². The van der Waals surface area contributed by atoms with E-state index < -0.39 is 102 Å². The molecule has 14 nitrogen and oxygen atoms in total. The number of aliphatic hydroxyl groups excluding tert-OH is 3. The molecule has 1 aromatic rings. The summed E-state index contributed by atoms with van der Waals surface area (Å²) < 4.78 is 44.0. The van der Waals surface area contributed by atoms with Crippen molar-refractivity contribution >= 4 is 5.97 Å². The first-order valence-corrected chi connectivity index (χ1v) is 20.8. The standard InChI is InChI=1S/C43H71NO13/c1-22(2)44(11)30-18-24(4)52-40(34(30)46)56-37-26(6)35(55-32-21-43(51-12)38(57-43)28(8)53-32)27(7)39(48)54-31(19-29-16-14-13-15-17-29)42(10,50)36(47)25(5)33(45)23(3)20-41(37,9)49/h13-17,22-28,30-38,40,45-47,49-50H,18-21H2,1-12H3/t23-,24?,25+,26+,27-,28?,30?,31-,32?,33+,34?,35+,36-,37-,38?,40?,41-,42-,43?/m1/s1. The van der Waals surface area contributed by atoms with Gasteiger partial charge in [-0.3, -0.25) is 9.69 Å². The number of carbonyl (C=O) groups excluding carboxylic acids is 1. The Morgan fingerprint density at radius 3 is 2.18 bits per heavy atom. The second-order valence-corrected chi connectivity index (χ2v) is 18.4. The van der Waals surface area contributed by atoms with Crippen molar-refractivity contribution in [3.05, 3.63) is 35.9 Å². The number of likely N-dealkylation sites (N-methyl/N-ethyl adjacent to an activating group) is 1. The minimum absolute atomic E-state index is 0.0334. The van der Waals surface area contributed by atoms with E-state index >= 15 is 0 Å². The minimum atomic E-state index is -2.01. The van der Waals surface area contributed by atoms with E-state index in [2.05, 4.69) is 4.90 Å². The zero-order valence-electron chi connectivity index (χ0n) is 36.0. The Bertz CT molecular complexity index is 1460. The summed E-state index contributed by atoms with van der Waals surface area (Å²) in [5, 5.41) is 60.1. The van der Waals surface area contributed by atoms with Crippen molar-refractivity contribution in [2.75, 3.05) is 14.2 Å². The van der Waals surface area contributed by atoms with E-state index in [0.29, 0.717) is 6.42 Å². The molecule has 326 valence electrons. The molecule has 0 amide bonds. The quantitative estimate of drug-likeness (QED) is 0.181. The largest absolute Gasteiger partial charge is 0.459 e. The summed E-state index contributed by atoms with van der Waals surface area (Å²) in [4.78, 5) is 16.6. The van der Waals surface area contributed by atoms with Crippen molar-refractivity contribution in [1.82, 2.24) is 4.90 Å². The highest BCUT2D eigenvalue weighted by Gasteiger charge is 2.65. The zero-order chi connectivity index (χ0) is 42.4. The van der Waals surface area contributed by atoms with Crippen LogP contribution in [0.3, 0.4) is 0 Å². The molecule has 4 aliphatic rings. The van der Waals surface area contributed by atoms with Crippen LogP contribution in [0.15, 0.2) is 30.3 Å². The number of rotatable bonds is 9. The topological polar surface area (TPSA) is 189 Å². The van der Waals surface area contributed by atoms with Gasteiger partial charge in [0.05, 0.1) is 54.6 Å². The number of epoxide rings is 1. The van der Waals surface area contributed by atoms with Crippen molar-refractivity contribution in [3.63, 3.8) is 0 Å². The fraction of sp³-hybridized carbons (Fsp3) is 0.837. The maximum Gasteiger partial charge on any atom is 0.311 e. The van der Waals surface area contributed by atoms with Crippen LogP contribution < -0.4 is 0 Å². The lowest BCUT2D eigenvalue weighted by Gasteiger charge is -2.49. The van der Waals surface area contributed by atoms with Gasteiger partial charge < -0.3 is 58.7 Å². The van der Waals surface area contributed by atoms with Gasteiger partial charge in [-0.1, -0.05) is 51.1 Å². The van der Waals surface area contributed by atoms with Gasteiger partial charge in [0.2, 0.25) is 5.79 Å². The maximum absolute atomic E-state index is 14.6. The Hall–Kier alpha value is -1.79. The highest BCUT2D eigenvalue weighted by atomic mass is 16.8. The predicted molar refractivity (Wildman–Crippen MR) is 210 cm³/mol. The molecule has 0 spiro atoms. The van der Waals surface area contributed by atoms with E-state index in [1.807, 2.05) is 65.1 Å². The highest BCUT2D eigenvalue weighted by molar-refractivity contribution is 5.73. The molecule has 5 N–H and O–H groups in total. The third kappa shape index (κ3) is 9.89. The van der Waals surface area contributed by atoms with Crippen LogP contribution >= 0.6 is 0 Å². The first-order chi connectivity index (χ1) is 26.5. The number of aliphatic hydroxyl groups is 5. The number of benzene rings is 1. The Morgan fingerprint density at radius 1 is 0.912 bits per heavy atom. The van der Waals surface area contributed by atoms with Gasteiger partial charge in [0.15, 0.2) is 12.6 Å². The predicted octanol–water partition coefficient (Wildman–Crippen LogP) is 3.16. The molecule has 8 unspecified atom stereocenters. The maximum atomic E-state index is 14.6. The zero-order valence-corrected chi connectivity index (χ0v) is 36.0. The molecule has 4 saturated heterocycles. The summed E-state index contributed by atoms with van der Waals surface area (Å²) in [6, 6.07) is 9.01. The van der Waals surface area contributed by atoms with Gasteiger partial charge in [-0.15, -0.1) is 0 Å². The number of ether oxygens (including phenoxy) is 7. The van der Waals surface area contributed by atoms with Crippen molar-refractivity contribution in [1.29, 1.82) is 0 Å². The third-order valence-electron chi connectivity index (χ3n) is 13.4. The van der Waals surface area contributed by atoms with Gasteiger partial charge in [0, 0.05) is 37.5 Å². The van der Waals surface area contributed by atoms with Crippen LogP contribution in [0.5, 0.6) is 0 Å². The molecule has 19 atom stereocenters. The van der Waals surface area contributed by atoms with Crippen LogP contribution in [-0.2, 0) is 44.4 Å². The van der Waals surface area contributed by atoms with Gasteiger partial charge in [0.25, 0.3) is 0 Å². The number of hydrogen-bond donors (Lipinski definition) is 5. The molecule has 4 heterocycles. The number of fused-ring (bicyclic) bond motifs is 1. The van der Waals surface area contributed by atoms with Gasteiger partial charge in [-0.05, 0) is 79.8 Å². The summed E-state index contributed by atoms with van der Waals surface area (Å²) >= 11 is 0. The summed E-state index contributed by atoms with van der Waals surface area (Å²) in [6.45, 7) is 17.7. The summed E-state index contributed by atoms with van der Waals surface area (Å²) in [7, 11) is 3.50. The van der Waals surface area contributed by atoms with E-state index in [1.165, 1.54) is 6.92 Å². The number of cyclic esters (lactones) is 1. The number of carbonyl (C=O) groups is 1.